The van der Waals surface area contributed by atoms with E-state index in [-0.39, 0.29) is 5.91 Å². The van der Waals surface area contributed by atoms with E-state index in [1.807, 2.05) is 6.07 Å². The molecular weight excluding hydrogens is 342 g/mol. The van der Waals surface area contributed by atoms with Crippen LogP contribution in [0.15, 0.2) is 46.9 Å². The van der Waals surface area contributed by atoms with Crippen LogP contribution in [0, 0.1) is 0 Å². The van der Waals surface area contributed by atoms with Gasteiger partial charge in [-0.3, -0.25) is 4.79 Å². The van der Waals surface area contributed by atoms with Crippen molar-refractivity contribution in [3.8, 4) is 0 Å². The van der Waals surface area contributed by atoms with Gasteiger partial charge in [0.25, 0.3) is 5.91 Å². The summed E-state index contributed by atoms with van der Waals surface area (Å²) in [5, 5.41) is 13.0. The normalized spacial score (nSPS) is 12.0. The largest absolute Gasteiger partial charge is 0.389 e. The predicted molar refractivity (Wildman–Crippen MR) is 84.2 cm³/mol. The Hall–Kier alpha value is -1.36. The molecule has 3 nitrogen and oxygen atoms in total. The summed E-state index contributed by atoms with van der Waals surface area (Å²) in [6, 6.07) is 12.1. The molecule has 0 saturated carbocycles. The highest BCUT2D eigenvalue weighted by Gasteiger charge is 2.14. The molecule has 2 N–H and O–H groups in total. The molecule has 2 rings (SSSR count). The van der Waals surface area contributed by atoms with Crippen LogP contribution in [0.4, 0.5) is 5.69 Å². The van der Waals surface area contributed by atoms with Gasteiger partial charge < -0.3 is 10.4 Å². The molecule has 1 unspecified atom stereocenters. The van der Waals surface area contributed by atoms with E-state index in [0.717, 1.165) is 0 Å². The maximum Gasteiger partial charge on any atom is 0.256 e. The van der Waals surface area contributed by atoms with Gasteiger partial charge in [-0.2, -0.15) is 0 Å². The summed E-state index contributed by atoms with van der Waals surface area (Å²) in [4.78, 5) is 12.3. The molecule has 0 aromatic heterocycles. The lowest BCUT2D eigenvalue weighted by molar-refractivity contribution is 0.102. The van der Waals surface area contributed by atoms with Crippen molar-refractivity contribution in [2.45, 2.75) is 13.0 Å². The second-order valence-corrected chi connectivity index (χ2v) is 5.63. The Balaban J connectivity index is 2.31. The van der Waals surface area contributed by atoms with Gasteiger partial charge in [-0.15, -0.1) is 0 Å². The molecule has 0 aliphatic heterocycles. The van der Waals surface area contributed by atoms with Crippen molar-refractivity contribution in [2.75, 3.05) is 5.32 Å². The second kappa shape index (κ2) is 6.39. The van der Waals surface area contributed by atoms with E-state index >= 15 is 0 Å². The number of para-hydroxylation sites is 1. The SMILES string of the molecule is CC(O)c1ccccc1NC(=O)c1cc(Cl)ccc1Br. The molecule has 5 heteroatoms. The third kappa shape index (κ3) is 3.39. The molecule has 0 saturated heterocycles. The van der Waals surface area contributed by atoms with E-state index in [1.54, 1.807) is 43.3 Å². The van der Waals surface area contributed by atoms with Crippen molar-refractivity contribution in [1.29, 1.82) is 0 Å². The molecule has 2 aromatic rings. The van der Waals surface area contributed by atoms with Crippen LogP contribution >= 0.6 is 27.5 Å². The van der Waals surface area contributed by atoms with Crippen molar-refractivity contribution in [3.63, 3.8) is 0 Å². The number of carbonyl (C=O) groups is 1. The van der Waals surface area contributed by atoms with Crippen LogP contribution in [0.25, 0.3) is 0 Å². The van der Waals surface area contributed by atoms with Gasteiger partial charge in [-0.05, 0) is 47.1 Å². The molecule has 1 atom stereocenters. The first-order valence-corrected chi connectivity index (χ1v) is 7.19. The van der Waals surface area contributed by atoms with Crippen molar-refractivity contribution in [2.24, 2.45) is 0 Å². The van der Waals surface area contributed by atoms with Crippen LogP contribution in [0.5, 0.6) is 0 Å². The van der Waals surface area contributed by atoms with Crippen LogP contribution < -0.4 is 5.32 Å². The van der Waals surface area contributed by atoms with E-state index in [2.05, 4.69) is 21.2 Å². The molecular formula is C15H13BrClNO2. The van der Waals surface area contributed by atoms with Gasteiger partial charge in [0.1, 0.15) is 0 Å². The minimum absolute atomic E-state index is 0.285. The summed E-state index contributed by atoms with van der Waals surface area (Å²) < 4.78 is 0.661. The van der Waals surface area contributed by atoms with E-state index in [1.165, 1.54) is 0 Å². The zero-order valence-corrected chi connectivity index (χ0v) is 13.1. The minimum Gasteiger partial charge on any atom is -0.389 e. The molecule has 2 aromatic carbocycles. The maximum absolute atomic E-state index is 12.3. The van der Waals surface area contributed by atoms with Crippen LogP contribution in [-0.4, -0.2) is 11.0 Å². The van der Waals surface area contributed by atoms with E-state index in [0.29, 0.717) is 26.3 Å². The Morgan fingerprint density at radius 1 is 1.30 bits per heavy atom. The zero-order chi connectivity index (χ0) is 14.7. The van der Waals surface area contributed by atoms with Crippen molar-refractivity contribution < 1.29 is 9.90 Å². The first-order chi connectivity index (χ1) is 9.49. The number of aliphatic hydroxyl groups excluding tert-OH is 1. The fraction of sp³-hybridized carbons (Fsp3) is 0.133. The van der Waals surface area contributed by atoms with Crippen LogP contribution in [0.3, 0.4) is 0 Å². The molecule has 0 radical (unpaired) electrons. The van der Waals surface area contributed by atoms with Crippen LogP contribution in [-0.2, 0) is 0 Å². The van der Waals surface area contributed by atoms with Crippen molar-refractivity contribution in [1.82, 2.24) is 0 Å². The van der Waals surface area contributed by atoms with Gasteiger partial charge in [-0.1, -0.05) is 29.8 Å². The van der Waals surface area contributed by atoms with Gasteiger partial charge in [-0.25, -0.2) is 0 Å². The number of carbonyl (C=O) groups excluding carboxylic acids is 1. The van der Waals surface area contributed by atoms with Gasteiger partial charge in [0.15, 0.2) is 0 Å². The smallest absolute Gasteiger partial charge is 0.256 e. The Bertz CT molecular complexity index is 644. The summed E-state index contributed by atoms with van der Waals surface area (Å²) in [6.07, 6.45) is -0.658. The molecule has 104 valence electrons. The summed E-state index contributed by atoms with van der Waals surface area (Å²) in [7, 11) is 0. The predicted octanol–water partition coefficient (Wildman–Crippen LogP) is 4.41. The fourth-order valence-electron chi connectivity index (χ4n) is 1.84. The highest BCUT2D eigenvalue weighted by Crippen LogP contribution is 2.25. The lowest BCUT2D eigenvalue weighted by Gasteiger charge is -2.13. The minimum atomic E-state index is -0.658. The monoisotopic (exact) mass is 353 g/mol. The lowest BCUT2D eigenvalue weighted by Crippen LogP contribution is -2.14. The van der Waals surface area contributed by atoms with Gasteiger partial charge in [0, 0.05) is 20.7 Å². The lowest BCUT2D eigenvalue weighted by atomic mass is 10.1. The first-order valence-electron chi connectivity index (χ1n) is 6.02. The number of rotatable bonds is 3. The van der Waals surface area contributed by atoms with E-state index in [4.69, 9.17) is 11.6 Å². The third-order valence-electron chi connectivity index (χ3n) is 2.83. The summed E-state index contributed by atoms with van der Waals surface area (Å²) in [5.74, 6) is -0.285. The van der Waals surface area contributed by atoms with Crippen LogP contribution in [0.1, 0.15) is 28.9 Å². The molecule has 0 spiro atoms. The fourth-order valence-corrected chi connectivity index (χ4v) is 2.44. The van der Waals surface area contributed by atoms with E-state index in [9.17, 15) is 9.90 Å². The standard InChI is InChI=1S/C15H13BrClNO2/c1-9(19)11-4-2-3-5-14(11)18-15(20)12-8-10(17)6-7-13(12)16/h2-9,19H,1H3,(H,18,20). The number of hydrogen-bond acceptors (Lipinski definition) is 2. The molecule has 1 amide bonds. The van der Waals surface area contributed by atoms with E-state index < -0.39 is 6.10 Å². The second-order valence-electron chi connectivity index (χ2n) is 4.34. The summed E-state index contributed by atoms with van der Waals surface area (Å²) in [6.45, 7) is 1.65. The molecule has 0 aliphatic carbocycles. The average molecular weight is 355 g/mol. The number of nitrogens with one attached hydrogen (secondary N) is 1. The molecule has 0 aliphatic rings. The number of amides is 1. The molecule has 0 bridgehead atoms. The molecule has 0 heterocycles. The summed E-state index contributed by atoms with van der Waals surface area (Å²) >= 11 is 9.23. The number of hydrogen-bond donors (Lipinski definition) is 2. The topological polar surface area (TPSA) is 49.3 Å². The Morgan fingerprint density at radius 3 is 2.70 bits per heavy atom. The Kier molecular flexibility index (Phi) is 4.81. The number of anilines is 1. The third-order valence-corrected chi connectivity index (χ3v) is 3.76. The Labute approximate surface area is 130 Å². The first kappa shape index (κ1) is 15.0. The molecule has 20 heavy (non-hydrogen) atoms. The average Bonchev–Trinajstić information content (AvgIpc) is 2.41. The zero-order valence-electron chi connectivity index (χ0n) is 10.7. The number of benzene rings is 2. The Morgan fingerprint density at radius 2 is 2.00 bits per heavy atom. The van der Waals surface area contributed by atoms with Crippen molar-refractivity contribution in [3.05, 3.63) is 63.1 Å². The number of halogens is 2. The quantitative estimate of drug-likeness (QED) is 0.858. The van der Waals surface area contributed by atoms with Gasteiger partial charge in [0.05, 0.1) is 11.7 Å². The maximum atomic E-state index is 12.3. The van der Waals surface area contributed by atoms with Crippen molar-refractivity contribution >= 4 is 39.1 Å². The van der Waals surface area contributed by atoms with Gasteiger partial charge >= 0.3 is 0 Å². The highest BCUT2D eigenvalue weighted by atomic mass is 79.9. The molecule has 0 fully saturated rings. The number of aliphatic hydroxyl groups is 1. The van der Waals surface area contributed by atoms with Crippen LogP contribution in [0.2, 0.25) is 5.02 Å². The van der Waals surface area contributed by atoms with Gasteiger partial charge in [0.2, 0.25) is 0 Å². The summed E-state index contributed by atoms with van der Waals surface area (Å²) in [5.41, 5.74) is 1.69. The highest BCUT2D eigenvalue weighted by molar-refractivity contribution is 9.10.